The number of carbonyl (C=O) groups is 1. The van der Waals surface area contributed by atoms with Crippen molar-refractivity contribution in [3.05, 3.63) is 65.1 Å². The van der Waals surface area contributed by atoms with Crippen LogP contribution in [0.1, 0.15) is 16.9 Å². The predicted molar refractivity (Wildman–Crippen MR) is 78.5 cm³/mol. The summed E-state index contributed by atoms with van der Waals surface area (Å²) >= 11 is 0. The van der Waals surface area contributed by atoms with Crippen molar-refractivity contribution in [3.8, 4) is 5.75 Å². The molecule has 0 amide bonds. The average Bonchev–Trinajstić information content (AvgIpc) is 3.10. The molecule has 1 aliphatic rings. The van der Waals surface area contributed by atoms with Crippen LogP contribution in [0.4, 0.5) is 0 Å². The Kier molecular flexibility index (Phi) is 3.36. The van der Waals surface area contributed by atoms with Gasteiger partial charge in [-0.2, -0.15) is 0 Å². The second-order valence-corrected chi connectivity index (χ2v) is 4.72. The molecule has 0 spiro atoms. The Bertz CT molecular complexity index is 736. The lowest BCUT2D eigenvalue weighted by molar-refractivity contribution is -0.130. The molecule has 0 atom stereocenters. The molecule has 1 aromatic carbocycles. The van der Waals surface area contributed by atoms with E-state index >= 15 is 0 Å². The number of hydrogen-bond donors (Lipinski definition) is 0. The van der Waals surface area contributed by atoms with Crippen LogP contribution in [0.25, 0.3) is 11.8 Å². The molecule has 4 heteroatoms. The van der Waals surface area contributed by atoms with Crippen molar-refractivity contribution in [3.63, 3.8) is 0 Å². The van der Waals surface area contributed by atoms with Crippen molar-refractivity contribution in [2.75, 3.05) is 7.11 Å². The fourth-order valence-electron chi connectivity index (χ4n) is 2.16. The van der Waals surface area contributed by atoms with Gasteiger partial charge in [-0.1, -0.05) is 11.6 Å². The normalized spacial score (nSPS) is 16.0. The van der Waals surface area contributed by atoms with Gasteiger partial charge in [0.1, 0.15) is 17.3 Å². The molecule has 0 saturated heterocycles. The molecule has 21 heavy (non-hydrogen) atoms. The molecular weight excluding hydrogens is 268 g/mol. The van der Waals surface area contributed by atoms with E-state index in [2.05, 4.69) is 0 Å². The maximum atomic E-state index is 11.9. The van der Waals surface area contributed by atoms with Crippen LogP contribution in [0.5, 0.6) is 5.75 Å². The van der Waals surface area contributed by atoms with Crippen molar-refractivity contribution in [1.82, 2.24) is 0 Å². The summed E-state index contributed by atoms with van der Waals surface area (Å²) in [5.41, 5.74) is 2.27. The Labute approximate surface area is 122 Å². The highest BCUT2D eigenvalue weighted by Crippen LogP contribution is 2.33. The molecule has 0 radical (unpaired) electrons. The van der Waals surface area contributed by atoms with Gasteiger partial charge in [0.25, 0.3) is 0 Å². The highest BCUT2D eigenvalue weighted by atomic mass is 16.5. The zero-order chi connectivity index (χ0) is 14.8. The first-order valence-electron chi connectivity index (χ1n) is 6.51. The second kappa shape index (κ2) is 5.32. The molecule has 2 heterocycles. The first kappa shape index (κ1) is 13.2. The van der Waals surface area contributed by atoms with Crippen molar-refractivity contribution in [2.45, 2.75) is 6.92 Å². The fourth-order valence-corrected chi connectivity index (χ4v) is 2.16. The molecule has 0 bridgehead atoms. The lowest BCUT2D eigenvalue weighted by atomic mass is 10.1. The van der Waals surface area contributed by atoms with Crippen molar-refractivity contribution in [2.24, 2.45) is 0 Å². The summed E-state index contributed by atoms with van der Waals surface area (Å²) in [5, 5.41) is 0. The minimum Gasteiger partial charge on any atom is -0.496 e. The molecule has 0 fully saturated rings. The number of ether oxygens (including phenoxy) is 2. The Morgan fingerprint density at radius 1 is 1.24 bits per heavy atom. The van der Waals surface area contributed by atoms with Gasteiger partial charge < -0.3 is 13.9 Å². The molecule has 1 aliphatic heterocycles. The standard InChI is InChI=1S/C17H14O4/c1-11-5-6-15(19-2)14(8-11)16-10-12(17(18)21-16)9-13-4-3-7-20-13/h3-10H,1-2H3/b12-9+. The molecule has 106 valence electrons. The molecule has 1 aromatic heterocycles. The van der Waals surface area contributed by atoms with Crippen LogP contribution in [-0.2, 0) is 9.53 Å². The van der Waals surface area contributed by atoms with Crippen LogP contribution in [0, 0.1) is 6.92 Å². The molecule has 0 saturated carbocycles. The third kappa shape index (κ3) is 2.60. The zero-order valence-electron chi connectivity index (χ0n) is 11.8. The van der Waals surface area contributed by atoms with Gasteiger partial charge in [-0.25, -0.2) is 4.79 Å². The monoisotopic (exact) mass is 282 g/mol. The van der Waals surface area contributed by atoms with E-state index in [0.717, 1.165) is 11.1 Å². The Morgan fingerprint density at radius 3 is 2.81 bits per heavy atom. The van der Waals surface area contributed by atoms with Crippen molar-refractivity contribution < 1.29 is 18.7 Å². The van der Waals surface area contributed by atoms with Crippen molar-refractivity contribution >= 4 is 17.8 Å². The van der Waals surface area contributed by atoms with Crippen LogP contribution >= 0.6 is 0 Å². The van der Waals surface area contributed by atoms with Gasteiger partial charge in [0.05, 0.1) is 24.5 Å². The molecule has 0 aliphatic carbocycles. The summed E-state index contributed by atoms with van der Waals surface area (Å²) in [7, 11) is 1.59. The Hall–Kier alpha value is -2.75. The zero-order valence-corrected chi connectivity index (χ0v) is 11.8. The molecule has 0 N–H and O–H groups in total. The van der Waals surface area contributed by atoms with Gasteiger partial charge in [0.15, 0.2) is 0 Å². The maximum absolute atomic E-state index is 11.9. The second-order valence-electron chi connectivity index (χ2n) is 4.72. The van der Waals surface area contributed by atoms with Gasteiger partial charge in [0.2, 0.25) is 0 Å². The quantitative estimate of drug-likeness (QED) is 0.637. The number of methoxy groups -OCH3 is 1. The smallest absolute Gasteiger partial charge is 0.343 e. The SMILES string of the molecule is COc1ccc(C)cc1C1=C/C(=C\c2ccco2)C(=O)O1. The molecule has 2 aromatic rings. The summed E-state index contributed by atoms with van der Waals surface area (Å²) in [5.74, 6) is 1.36. The third-order valence-corrected chi connectivity index (χ3v) is 3.19. The van der Waals surface area contributed by atoms with Gasteiger partial charge in [-0.05, 0) is 43.3 Å². The molecule has 4 nitrogen and oxygen atoms in total. The van der Waals surface area contributed by atoms with Crippen LogP contribution in [0.15, 0.2) is 52.7 Å². The topological polar surface area (TPSA) is 48.7 Å². The Morgan fingerprint density at radius 2 is 2.10 bits per heavy atom. The van der Waals surface area contributed by atoms with E-state index in [1.807, 2.05) is 25.1 Å². The lowest BCUT2D eigenvalue weighted by Crippen LogP contribution is -1.98. The van der Waals surface area contributed by atoms with Crippen LogP contribution < -0.4 is 4.74 Å². The third-order valence-electron chi connectivity index (χ3n) is 3.19. The number of carbonyl (C=O) groups excluding carboxylic acids is 1. The number of rotatable bonds is 3. The first-order chi connectivity index (χ1) is 10.2. The summed E-state index contributed by atoms with van der Waals surface area (Å²) in [6.45, 7) is 1.97. The number of cyclic esters (lactones) is 1. The highest BCUT2D eigenvalue weighted by Gasteiger charge is 2.24. The van der Waals surface area contributed by atoms with E-state index in [-0.39, 0.29) is 0 Å². The number of aryl methyl sites for hydroxylation is 1. The minimum absolute atomic E-state index is 0.398. The van der Waals surface area contributed by atoms with E-state index in [0.29, 0.717) is 22.8 Å². The van der Waals surface area contributed by atoms with E-state index < -0.39 is 5.97 Å². The lowest BCUT2D eigenvalue weighted by Gasteiger charge is -2.09. The average molecular weight is 282 g/mol. The Balaban J connectivity index is 2.01. The molecule has 0 unspecified atom stereocenters. The van der Waals surface area contributed by atoms with Crippen molar-refractivity contribution in [1.29, 1.82) is 0 Å². The summed E-state index contributed by atoms with van der Waals surface area (Å²) in [6.07, 6.45) is 4.90. The summed E-state index contributed by atoms with van der Waals surface area (Å²) in [6, 6.07) is 9.26. The van der Waals surface area contributed by atoms with E-state index in [9.17, 15) is 4.79 Å². The number of benzene rings is 1. The van der Waals surface area contributed by atoms with E-state index in [1.165, 1.54) is 0 Å². The van der Waals surface area contributed by atoms with Gasteiger partial charge in [-0.15, -0.1) is 0 Å². The number of furan rings is 1. The van der Waals surface area contributed by atoms with E-state index in [4.69, 9.17) is 13.9 Å². The van der Waals surface area contributed by atoms with Crippen LogP contribution in [0.2, 0.25) is 0 Å². The predicted octanol–water partition coefficient (Wildman–Crippen LogP) is 3.58. The largest absolute Gasteiger partial charge is 0.496 e. The first-order valence-corrected chi connectivity index (χ1v) is 6.51. The van der Waals surface area contributed by atoms with E-state index in [1.54, 1.807) is 37.7 Å². The molecule has 3 rings (SSSR count). The van der Waals surface area contributed by atoms with Gasteiger partial charge in [0, 0.05) is 0 Å². The fraction of sp³-hybridized carbons (Fsp3) is 0.118. The van der Waals surface area contributed by atoms with Gasteiger partial charge >= 0.3 is 5.97 Å². The van der Waals surface area contributed by atoms with Gasteiger partial charge in [-0.3, -0.25) is 0 Å². The summed E-state index contributed by atoms with van der Waals surface area (Å²) in [4.78, 5) is 11.9. The molecular formula is C17H14O4. The number of hydrogen-bond acceptors (Lipinski definition) is 4. The summed E-state index contributed by atoms with van der Waals surface area (Å²) < 4.78 is 15.9. The minimum atomic E-state index is -0.398. The maximum Gasteiger partial charge on any atom is 0.343 e. The number of esters is 1. The van der Waals surface area contributed by atoms with Crippen LogP contribution in [0.3, 0.4) is 0 Å². The van der Waals surface area contributed by atoms with Crippen LogP contribution in [-0.4, -0.2) is 13.1 Å². The highest BCUT2D eigenvalue weighted by molar-refractivity contribution is 6.05.